The van der Waals surface area contributed by atoms with E-state index in [1.54, 1.807) is 20.8 Å². The van der Waals surface area contributed by atoms with E-state index in [0.717, 1.165) is 51.4 Å². The fourth-order valence-corrected chi connectivity index (χ4v) is 9.72. The van der Waals surface area contributed by atoms with Crippen LogP contribution in [0.4, 0.5) is 0 Å². The van der Waals surface area contributed by atoms with Crippen molar-refractivity contribution in [3.63, 3.8) is 0 Å². The van der Waals surface area contributed by atoms with Crippen molar-refractivity contribution in [2.45, 2.75) is 287 Å². The Balaban J connectivity index is 1.59. The Kier molecular flexibility index (Phi) is 26.5. The fraction of sp³-hybridized carbons (Fsp3) is 0.889. The highest BCUT2D eigenvalue weighted by molar-refractivity contribution is 5.87. The van der Waals surface area contributed by atoms with E-state index in [1.807, 2.05) is 0 Å². The van der Waals surface area contributed by atoms with Crippen LogP contribution in [-0.2, 0) is 76.0 Å². The van der Waals surface area contributed by atoms with E-state index in [9.17, 15) is 60.0 Å². The topological polar surface area (TPSA) is 341 Å². The normalized spacial score (nSPS) is 40.2. The third-order valence-electron chi connectivity index (χ3n) is 15.4. The Morgan fingerprint density at radius 3 is 1.91 bits per heavy atom. The molecule has 0 spiro atoms. The molecule has 5 aliphatic heterocycles. The maximum atomic E-state index is 14.1. The number of ether oxygens (including phenoxy) is 12. The molecule has 0 aromatic heterocycles. The Bertz CT molecular complexity index is 1890. The van der Waals surface area contributed by atoms with Gasteiger partial charge in [0.05, 0.1) is 36.3 Å². The van der Waals surface area contributed by atoms with E-state index in [4.69, 9.17) is 56.8 Å². The smallest absolute Gasteiger partial charge is 0.333 e. The van der Waals surface area contributed by atoms with E-state index >= 15 is 0 Å². The number of allylic oxidation sites excluding steroid dienone is 1. The highest BCUT2D eigenvalue weighted by atomic mass is 16.8. The monoisotopic (exact) mass is 1120 g/mol. The Hall–Kier alpha value is -3.02. The second-order valence-corrected chi connectivity index (χ2v) is 21.5. The van der Waals surface area contributed by atoms with Crippen LogP contribution >= 0.6 is 0 Å². The van der Waals surface area contributed by atoms with E-state index in [1.165, 1.54) is 40.7 Å². The number of fused-ring (bicyclic) bond motifs is 4. The molecule has 8 N–H and O–H groups in total. The number of carbonyl (C=O) groups excluding carboxylic acids is 4. The lowest BCUT2D eigenvalue weighted by molar-refractivity contribution is -0.407. The molecule has 2 bridgehead atoms. The molecule has 24 heteroatoms. The van der Waals surface area contributed by atoms with Crippen LogP contribution in [0.15, 0.2) is 11.6 Å². The minimum atomic E-state index is -2.07. The third kappa shape index (κ3) is 17.5. The second-order valence-electron chi connectivity index (χ2n) is 21.5. The predicted octanol–water partition coefficient (Wildman–Crippen LogP) is 1.99. The zero-order valence-electron chi connectivity index (χ0n) is 46.7. The number of aliphatic hydroxyl groups is 8. The third-order valence-corrected chi connectivity index (χ3v) is 15.4. The largest absolute Gasteiger partial charge is 0.463 e. The Labute approximate surface area is 457 Å². The van der Waals surface area contributed by atoms with Crippen molar-refractivity contribution in [1.29, 1.82) is 0 Å². The van der Waals surface area contributed by atoms with Gasteiger partial charge >= 0.3 is 23.9 Å². The van der Waals surface area contributed by atoms with Gasteiger partial charge in [0.15, 0.2) is 49.8 Å². The second kappa shape index (κ2) is 31.4. The van der Waals surface area contributed by atoms with Crippen molar-refractivity contribution in [3.05, 3.63) is 11.6 Å². The van der Waals surface area contributed by atoms with Gasteiger partial charge in [-0.15, -0.1) is 0 Å². The lowest BCUT2D eigenvalue weighted by atomic mass is 9.95. The minimum Gasteiger partial charge on any atom is -0.463 e. The first kappa shape index (κ1) is 65.8. The summed E-state index contributed by atoms with van der Waals surface area (Å²) >= 11 is 0. The summed E-state index contributed by atoms with van der Waals surface area (Å²) in [5.41, 5.74) is 0.238. The first-order valence-corrected chi connectivity index (χ1v) is 28.1. The first-order valence-electron chi connectivity index (χ1n) is 28.1. The molecule has 5 saturated heterocycles. The van der Waals surface area contributed by atoms with Crippen molar-refractivity contribution in [3.8, 4) is 0 Å². The first-order chi connectivity index (χ1) is 37.0. The lowest BCUT2D eigenvalue weighted by Crippen LogP contribution is -2.68. The quantitative estimate of drug-likeness (QED) is 0.0503. The Morgan fingerprint density at radius 2 is 1.27 bits per heavy atom. The van der Waals surface area contributed by atoms with Crippen molar-refractivity contribution >= 4 is 23.9 Å². The van der Waals surface area contributed by atoms with Crippen molar-refractivity contribution in [1.82, 2.24) is 0 Å². The molecular weight excluding hydrogens is 1030 g/mol. The molecule has 5 aliphatic rings. The van der Waals surface area contributed by atoms with Crippen LogP contribution in [0.3, 0.4) is 0 Å². The average Bonchev–Trinajstić information content (AvgIpc) is 3.49. The molecule has 0 amide bonds. The molecule has 0 radical (unpaired) electrons. The van der Waals surface area contributed by atoms with Gasteiger partial charge in [0.2, 0.25) is 0 Å². The van der Waals surface area contributed by atoms with Crippen LogP contribution in [0.1, 0.15) is 152 Å². The summed E-state index contributed by atoms with van der Waals surface area (Å²) in [5.74, 6) is -4.98. The van der Waals surface area contributed by atoms with Gasteiger partial charge < -0.3 is 97.7 Å². The standard InChI is InChI=1S/C54H90O24/c1-10-13-19-22-32-23-20-17-15-14-16-18-21-24-34(56)72-45-42(75-51-40(62)38(60)41(30(8)68-51)73-47(63)26(4)11-2)31(9)69-54(46(45)74-48(64)27(5)12-3)77-43-36(58)35(57)33(25-67-49(65)28(6)29(7)55)71-53(43)76-44-37(59)39(61)50(66)78-52(44)70-32/h11,27-33,35-46,50-55,57-62,66H,10,12-25H2,1-9H3/b26-11+/t27-,28-,29-,30+,31-,32-,33+,35+,36-,37-,38+,39-,40+,41+,42-,43+,44?,45+,46+,50-,51?,52+,53-,54-/m0/s1. The number of rotatable bonds is 15. The van der Waals surface area contributed by atoms with Crippen LogP contribution < -0.4 is 0 Å². The molecule has 24 nitrogen and oxygen atoms in total. The number of hydrogen-bond acceptors (Lipinski definition) is 24. The van der Waals surface area contributed by atoms with Gasteiger partial charge in [-0.3, -0.25) is 14.4 Å². The van der Waals surface area contributed by atoms with Gasteiger partial charge in [-0.2, -0.15) is 0 Å². The SMILES string of the molecule is C/C=C(\C)C(=O)O[C@H]1[C@H](O)[C@@H](O)C(O[C@@H]2[C@H]3OC(=O)CCCCCCCCC[C@H](CCCCC)O[C@@H]4O[C@H](O)[C@@H](O)[C@H](O)C4O[C@@H]4O[C@H](COC(=O)[C@@H](C)[C@H](C)O)[C@@H](O)[C@H](O)[C@H]4O[C@H](O[C@H]2C)[C@@H]3OC(=O)[C@@H](C)CC)O[C@@H]1C. The zero-order chi connectivity index (χ0) is 57.5. The van der Waals surface area contributed by atoms with Crippen molar-refractivity contribution < 1.29 is 117 Å². The molecule has 450 valence electrons. The lowest BCUT2D eigenvalue weighted by Gasteiger charge is -2.50. The molecule has 78 heavy (non-hydrogen) atoms. The molecule has 0 saturated carbocycles. The summed E-state index contributed by atoms with van der Waals surface area (Å²) in [6.07, 6.45) is -25.6. The fourth-order valence-electron chi connectivity index (χ4n) is 9.72. The molecule has 5 heterocycles. The van der Waals surface area contributed by atoms with Gasteiger partial charge in [0, 0.05) is 12.0 Å². The zero-order valence-corrected chi connectivity index (χ0v) is 46.7. The average molecular weight is 1120 g/mol. The maximum absolute atomic E-state index is 14.1. The molecule has 2 unspecified atom stereocenters. The van der Waals surface area contributed by atoms with E-state index < -0.39 is 178 Å². The van der Waals surface area contributed by atoms with Crippen LogP contribution in [0, 0.1) is 11.8 Å². The van der Waals surface area contributed by atoms with Gasteiger partial charge in [-0.25, -0.2) is 4.79 Å². The molecular formula is C54H90O24. The molecule has 0 aromatic rings. The summed E-state index contributed by atoms with van der Waals surface area (Å²) < 4.78 is 73.5. The number of hydrogen-bond donors (Lipinski definition) is 8. The molecule has 5 rings (SSSR count). The van der Waals surface area contributed by atoms with Crippen LogP contribution in [-0.4, -0.2) is 207 Å². The molecule has 5 fully saturated rings. The summed E-state index contributed by atoms with van der Waals surface area (Å²) in [6.45, 7) is 13.5. The summed E-state index contributed by atoms with van der Waals surface area (Å²) in [5, 5.41) is 90.3. The van der Waals surface area contributed by atoms with Crippen molar-refractivity contribution in [2.24, 2.45) is 11.8 Å². The van der Waals surface area contributed by atoms with Gasteiger partial charge in [0.1, 0.15) is 67.6 Å². The molecule has 24 atom stereocenters. The predicted molar refractivity (Wildman–Crippen MR) is 270 cm³/mol. The van der Waals surface area contributed by atoms with Crippen LogP contribution in [0.2, 0.25) is 0 Å². The summed E-state index contributed by atoms with van der Waals surface area (Å²) in [6, 6.07) is 0. The van der Waals surface area contributed by atoms with Crippen LogP contribution in [0.5, 0.6) is 0 Å². The van der Waals surface area contributed by atoms with Crippen LogP contribution in [0.25, 0.3) is 0 Å². The summed E-state index contributed by atoms with van der Waals surface area (Å²) in [7, 11) is 0. The molecule has 0 aromatic carbocycles. The number of esters is 4. The summed E-state index contributed by atoms with van der Waals surface area (Å²) in [4.78, 5) is 53.7. The minimum absolute atomic E-state index is 0.0868. The number of unbranched alkanes of at least 4 members (excludes halogenated alkanes) is 2. The highest BCUT2D eigenvalue weighted by Gasteiger charge is 2.58. The van der Waals surface area contributed by atoms with E-state index in [0.29, 0.717) is 25.7 Å². The number of aliphatic hydroxyl groups excluding tert-OH is 8. The van der Waals surface area contributed by atoms with Gasteiger partial charge in [-0.05, 0) is 67.2 Å². The highest BCUT2D eigenvalue weighted by Crippen LogP contribution is 2.38. The Morgan fingerprint density at radius 1 is 0.654 bits per heavy atom. The maximum Gasteiger partial charge on any atom is 0.333 e. The van der Waals surface area contributed by atoms with Crippen molar-refractivity contribution in [2.75, 3.05) is 6.61 Å². The van der Waals surface area contributed by atoms with E-state index in [-0.39, 0.29) is 18.4 Å². The van der Waals surface area contributed by atoms with E-state index in [2.05, 4.69) is 6.92 Å². The molecule has 0 aliphatic carbocycles. The number of carbonyl (C=O) groups is 4. The van der Waals surface area contributed by atoms with Gasteiger partial charge in [-0.1, -0.05) is 84.6 Å². The van der Waals surface area contributed by atoms with Gasteiger partial charge in [0.25, 0.3) is 0 Å².